The fourth-order valence-electron chi connectivity index (χ4n) is 4.09. The predicted octanol–water partition coefficient (Wildman–Crippen LogP) is 4.00. The van der Waals surface area contributed by atoms with E-state index in [9.17, 15) is 16.8 Å². The van der Waals surface area contributed by atoms with Crippen LogP contribution in [0.4, 0.5) is 0 Å². The van der Waals surface area contributed by atoms with Crippen molar-refractivity contribution < 1.29 is 26.3 Å². The van der Waals surface area contributed by atoms with Gasteiger partial charge in [-0.25, -0.2) is 16.8 Å². The molecule has 0 saturated carbocycles. The quantitative estimate of drug-likeness (QED) is 0.486. The molecule has 0 aliphatic carbocycles. The SMILES string of the molecule is COc1ccc(-c2ccc(S(=O)(=O)N3CCC(S(=O)(=O)c4ccc(OC)cc4)CC3)cc2)cc1. The van der Waals surface area contributed by atoms with E-state index in [1.165, 1.54) is 23.5 Å². The lowest BCUT2D eigenvalue weighted by atomic mass is 10.1. The van der Waals surface area contributed by atoms with Gasteiger partial charge in [0.1, 0.15) is 11.5 Å². The molecule has 0 radical (unpaired) electrons. The van der Waals surface area contributed by atoms with Gasteiger partial charge in [-0.15, -0.1) is 0 Å². The van der Waals surface area contributed by atoms with Crippen molar-refractivity contribution in [3.63, 3.8) is 0 Å². The van der Waals surface area contributed by atoms with Gasteiger partial charge in [0, 0.05) is 13.1 Å². The number of ether oxygens (including phenoxy) is 2. The van der Waals surface area contributed by atoms with Crippen molar-refractivity contribution in [2.24, 2.45) is 0 Å². The molecular weight excluding hydrogens is 474 g/mol. The van der Waals surface area contributed by atoms with Crippen LogP contribution < -0.4 is 9.47 Å². The van der Waals surface area contributed by atoms with Gasteiger partial charge in [-0.2, -0.15) is 4.31 Å². The van der Waals surface area contributed by atoms with E-state index in [-0.39, 0.29) is 35.7 Å². The number of sulfone groups is 1. The molecular formula is C25H27NO6S2. The zero-order valence-corrected chi connectivity index (χ0v) is 20.7. The number of rotatable bonds is 7. The van der Waals surface area contributed by atoms with Crippen molar-refractivity contribution in [3.05, 3.63) is 72.8 Å². The van der Waals surface area contributed by atoms with E-state index in [2.05, 4.69) is 0 Å². The van der Waals surface area contributed by atoms with E-state index < -0.39 is 25.1 Å². The van der Waals surface area contributed by atoms with E-state index in [0.717, 1.165) is 16.9 Å². The molecule has 1 fully saturated rings. The zero-order chi connectivity index (χ0) is 24.3. The van der Waals surface area contributed by atoms with E-state index in [1.54, 1.807) is 43.5 Å². The van der Waals surface area contributed by atoms with Gasteiger partial charge in [-0.1, -0.05) is 24.3 Å². The molecule has 9 heteroatoms. The first kappa shape index (κ1) is 24.3. The number of nitrogens with zero attached hydrogens (tertiary/aromatic N) is 1. The summed E-state index contributed by atoms with van der Waals surface area (Å²) in [6.07, 6.45) is 0.495. The number of hydrogen-bond acceptors (Lipinski definition) is 6. The Balaban J connectivity index is 1.44. The molecule has 0 unspecified atom stereocenters. The lowest BCUT2D eigenvalue weighted by Gasteiger charge is -2.31. The number of sulfonamides is 1. The fourth-order valence-corrected chi connectivity index (χ4v) is 7.29. The molecule has 4 rings (SSSR count). The summed E-state index contributed by atoms with van der Waals surface area (Å²) in [6, 6.07) is 20.5. The van der Waals surface area contributed by atoms with E-state index in [1.807, 2.05) is 24.3 Å². The molecule has 0 bridgehead atoms. The third-order valence-electron chi connectivity index (χ3n) is 6.14. The molecule has 1 saturated heterocycles. The van der Waals surface area contributed by atoms with Crippen molar-refractivity contribution in [1.82, 2.24) is 4.31 Å². The highest BCUT2D eigenvalue weighted by Gasteiger charge is 2.35. The van der Waals surface area contributed by atoms with E-state index in [4.69, 9.17) is 9.47 Å². The maximum absolute atomic E-state index is 13.2. The Morgan fingerprint density at radius 3 is 1.53 bits per heavy atom. The minimum absolute atomic E-state index is 0.155. The Morgan fingerprint density at radius 1 is 0.647 bits per heavy atom. The van der Waals surface area contributed by atoms with Crippen molar-refractivity contribution >= 4 is 19.9 Å². The van der Waals surface area contributed by atoms with Gasteiger partial charge in [-0.05, 0) is 72.5 Å². The molecule has 0 N–H and O–H groups in total. The average molecular weight is 502 g/mol. The van der Waals surface area contributed by atoms with Crippen LogP contribution in [0.3, 0.4) is 0 Å². The van der Waals surface area contributed by atoms with Gasteiger partial charge in [-0.3, -0.25) is 0 Å². The van der Waals surface area contributed by atoms with Crippen LogP contribution in [0.2, 0.25) is 0 Å². The third-order valence-corrected chi connectivity index (χ3v) is 10.3. The van der Waals surface area contributed by atoms with Crippen molar-refractivity contribution in [2.45, 2.75) is 27.9 Å². The van der Waals surface area contributed by atoms with E-state index in [0.29, 0.717) is 5.75 Å². The van der Waals surface area contributed by atoms with Gasteiger partial charge in [0.2, 0.25) is 10.0 Å². The third kappa shape index (κ3) is 4.82. The van der Waals surface area contributed by atoms with Gasteiger partial charge >= 0.3 is 0 Å². The number of piperidine rings is 1. The van der Waals surface area contributed by atoms with Crippen molar-refractivity contribution in [3.8, 4) is 22.6 Å². The van der Waals surface area contributed by atoms with Crippen LogP contribution in [0.1, 0.15) is 12.8 Å². The first-order valence-corrected chi connectivity index (χ1v) is 13.9. The highest BCUT2D eigenvalue weighted by molar-refractivity contribution is 7.92. The van der Waals surface area contributed by atoms with Gasteiger partial charge < -0.3 is 9.47 Å². The van der Waals surface area contributed by atoms with Crippen LogP contribution in [-0.2, 0) is 19.9 Å². The van der Waals surface area contributed by atoms with Crippen LogP contribution in [0.25, 0.3) is 11.1 Å². The topological polar surface area (TPSA) is 90.0 Å². The molecule has 1 aliphatic rings. The summed E-state index contributed by atoms with van der Waals surface area (Å²) in [6.45, 7) is 0.311. The Morgan fingerprint density at radius 2 is 1.06 bits per heavy atom. The standard InChI is InChI=1S/C25H27NO6S2/c1-31-21-7-3-19(4-8-21)20-5-11-25(12-6-20)34(29,30)26-17-15-24(16-18-26)33(27,28)23-13-9-22(32-2)10-14-23/h3-14,24H,15-18H2,1-2H3. The summed E-state index contributed by atoms with van der Waals surface area (Å²) in [5.41, 5.74) is 1.85. The summed E-state index contributed by atoms with van der Waals surface area (Å²) >= 11 is 0. The zero-order valence-electron chi connectivity index (χ0n) is 19.0. The van der Waals surface area contributed by atoms with Crippen LogP contribution in [0, 0.1) is 0 Å². The van der Waals surface area contributed by atoms with E-state index >= 15 is 0 Å². The predicted molar refractivity (Wildman–Crippen MR) is 130 cm³/mol. The Labute approximate surface area is 200 Å². The maximum Gasteiger partial charge on any atom is 0.243 e. The van der Waals surface area contributed by atoms with Crippen molar-refractivity contribution in [1.29, 1.82) is 0 Å². The molecule has 3 aromatic carbocycles. The summed E-state index contributed by atoms with van der Waals surface area (Å²) in [7, 11) is -4.14. The second-order valence-electron chi connectivity index (χ2n) is 8.08. The normalized spacial score (nSPS) is 15.7. The van der Waals surface area contributed by atoms with Gasteiger partial charge in [0.05, 0.1) is 29.3 Å². The second kappa shape index (κ2) is 9.77. The monoisotopic (exact) mass is 501 g/mol. The average Bonchev–Trinajstić information content (AvgIpc) is 2.89. The summed E-state index contributed by atoms with van der Waals surface area (Å²) in [4.78, 5) is 0.421. The lowest BCUT2D eigenvalue weighted by Crippen LogP contribution is -2.42. The first-order chi connectivity index (χ1) is 16.3. The van der Waals surface area contributed by atoms with Crippen LogP contribution in [0.5, 0.6) is 11.5 Å². The molecule has 7 nitrogen and oxygen atoms in total. The maximum atomic E-state index is 13.2. The molecule has 180 valence electrons. The van der Waals surface area contributed by atoms with Gasteiger partial charge in [0.25, 0.3) is 0 Å². The van der Waals surface area contributed by atoms with Crippen LogP contribution in [-0.4, -0.2) is 53.7 Å². The molecule has 1 aliphatic heterocycles. The molecule has 0 atom stereocenters. The van der Waals surface area contributed by atoms with Crippen LogP contribution >= 0.6 is 0 Å². The summed E-state index contributed by atoms with van der Waals surface area (Å²) in [5.74, 6) is 1.33. The Bertz CT molecular complexity index is 1330. The van der Waals surface area contributed by atoms with Crippen molar-refractivity contribution in [2.75, 3.05) is 27.3 Å². The summed E-state index contributed by atoms with van der Waals surface area (Å²) < 4.78 is 64.0. The lowest BCUT2D eigenvalue weighted by molar-refractivity contribution is 0.345. The summed E-state index contributed by atoms with van der Waals surface area (Å²) in [5, 5.41) is -0.621. The second-order valence-corrected chi connectivity index (χ2v) is 12.2. The Hall–Kier alpha value is -2.88. The molecule has 3 aromatic rings. The minimum Gasteiger partial charge on any atom is -0.497 e. The molecule has 0 spiro atoms. The highest BCUT2D eigenvalue weighted by Crippen LogP contribution is 2.30. The smallest absolute Gasteiger partial charge is 0.243 e. The number of hydrogen-bond donors (Lipinski definition) is 0. The molecule has 34 heavy (non-hydrogen) atoms. The largest absolute Gasteiger partial charge is 0.497 e. The first-order valence-electron chi connectivity index (χ1n) is 10.9. The Kier molecular flexibility index (Phi) is 6.97. The molecule has 0 aromatic heterocycles. The minimum atomic E-state index is -3.71. The van der Waals surface area contributed by atoms with Gasteiger partial charge in [0.15, 0.2) is 9.84 Å². The fraction of sp³-hybridized carbons (Fsp3) is 0.280. The number of methoxy groups -OCH3 is 2. The highest BCUT2D eigenvalue weighted by atomic mass is 32.2. The van der Waals surface area contributed by atoms with Crippen LogP contribution in [0.15, 0.2) is 82.6 Å². The molecule has 0 amide bonds. The number of benzene rings is 3. The molecule has 1 heterocycles.